The summed E-state index contributed by atoms with van der Waals surface area (Å²) in [7, 11) is 0. The van der Waals surface area contributed by atoms with Gasteiger partial charge in [-0.15, -0.1) is 0 Å². The number of amides is 1. The van der Waals surface area contributed by atoms with Crippen molar-refractivity contribution in [3.05, 3.63) is 59.9 Å². The van der Waals surface area contributed by atoms with Crippen molar-refractivity contribution in [2.75, 3.05) is 0 Å². The van der Waals surface area contributed by atoms with Crippen molar-refractivity contribution in [3.8, 4) is 0 Å². The molecule has 1 aromatic carbocycles. The molecular formula is C14H17N3O. The van der Waals surface area contributed by atoms with E-state index in [2.05, 4.69) is 10.3 Å². The average Bonchev–Trinajstić information content (AvgIpc) is 2.90. The van der Waals surface area contributed by atoms with Gasteiger partial charge in [-0.2, -0.15) is 0 Å². The Morgan fingerprint density at radius 1 is 1.22 bits per heavy atom. The summed E-state index contributed by atoms with van der Waals surface area (Å²) in [4.78, 5) is 14.7. The maximum absolute atomic E-state index is 11.8. The molecule has 2 rings (SSSR count). The Hall–Kier alpha value is -2.07. The van der Waals surface area contributed by atoms with Gasteiger partial charge in [0.25, 0.3) is 0 Å². The molecule has 94 valence electrons. The van der Waals surface area contributed by atoms with Crippen LogP contribution in [0.5, 0.6) is 0 Å². The fraction of sp³-hybridized carbons (Fsp3) is 0.214. The van der Waals surface area contributed by atoms with E-state index in [0.717, 1.165) is 11.1 Å². The average molecular weight is 243 g/mol. The van der Waals surface area contributed by atoms with Crippen molar-refractivity contribution >= 4 is 5.91 Å². The first-order chi connectivity index (χ1) is 8.75. The van der Waals surface area contributed by atoms with Gasteiger partial charge in [-0.25, -0.2) is 0 Å². The van der Waals surface area contributed by atoms with E-state index in [9.17, 15) is 4.79 Å². The zero-order chi connectivity index (χ0) is 12.8. The van der Waals surface area contributed by atoms with Crippen molar-refractivity contribution in [3.63, 3.8) is 0 Å². The van der Waals surface area contributed by atoms with Crippen LogP contribution < -0.4 is 11.1 Å². The summed E-state index contributed by atoms with van der Waals surface area (Å²) in [6, 6.07) is 11.2. The minimum absolute atomic E-state index is 0.125. The second kappa shape index (κ2) is 6.02. The summed E-state index contributed by atoms with van der Waals surface area (Å²) < 4.78 is 0. The van der Waals surface area contributed by atoms with Gasteiger partial charge in [0.15, 0.2) is 0 Å². The number of carbonyl (C=O) groups is 1. The molecule has 1 atom stereocenters. The third-order valence-electron chi connectivity index (χ3n) is 2.76. The molecule has 0 bridgehead atoms. The monoisotopic (exact) mass is 243 g/mol. The van der Waals surface area contributed by atoms with E-state index >= 15 is 0 Å². The van der Waals surface area contributed by atoms with Crippen LogP contribution in [0, 0.1) is 0 Å². The fourth-order valence-corrected chi connectivity index (χ4v) is 1.75. The third kappa shape index (κ3) is 3.46. The highest BCUT2D eigenvalue weighted by Crippen LogP contribution is 2.02. The Kier molecular flexibility index (Phi) is 4.15. The van der Waals surface area contributed by atoms with Crippen molar-refractivity contribution < 1.29 is 4.79 Å². The van der Waals surface area contributed by atoms with Gasteiger partial charge in [0.05, 0.1) is 6.04 Å². The third-order valence-corrected chi connectivity index (χ3v) is 2.76. The highest BCUT2D eigenvalue weighted by molar-refractivity contribution is 5.81. The van der Waals surface area contributed by atoms with Crippen LogP contribution in [-0.4, -0.2) is 16.9 Å². The van der Waals surface area contributed by atoms with Gasteiger partial charge >= 0.3 is 0 Å². The lowest BCUT2D eigenvalue weighted by Gasteiger charge is -2.11. The summed E-state index contributed by atoms with van der Waals surface area (Å²) in [6.07, 6.45) is 4.23. The van der Waals surface area contributed by atoms with Gasteiger partial charge < -0.3 is 16.0 Å². The Labute approximate surface area is 106 Å². The van der Waals surface area contributed by atoms with Crippen molar-refractivity contribution in [2.45, 2.75) is 19.0 Å². The molecule has 1 amide bonds. The molecular weight excluding hydrogens is 226 g/mol. The molecule has 0 unspecified atom stereocenters. The predicted octanol–water partition coefficient (Wildman–Crippen LogP) is 1.20. The normalized spacial score (nSPS) is 12.1. The smallest absolute Gasteiger partial charge is 0.237 e. The fourth-order valence-electron chi connectivity index (χ4n) is 1.75. The molecule has 4 heteroatoms. The SMILES string of the molecule is N[C@H](Cc1ccccc1)C(=O)NCc1cc[nH]c1. The van der Waals surface area contributed by atoms with Crippen LogP contribution in [0.25, 0.3) is 0 Å². The van der Waals surface area contributed by atoms with Crippen LogP contribution in [0.15, 0.2) is 48.8 Å². The van der Waals surface area contributed by atoms with Gasteiger partial charge in [-0.3, -0.25) is 4.79 Å². The molecule has 0 aliphatic heterocycles. The van der Waals surface area contributed by atoms with Gasteiger partial charge in [0, 0.05) is 18.9 Å². The van der Waals surface area contributed by atoms with Crippen LogP contribution in [-0.2, 0) is 17.8 Å². The molecule has 1 heterocycles. The van der Waals surface area contributed by atoms with Crippen molar-refractivity contribution in [1.82, 2.24) is 10.3 Å². The van der Waals surface area contributed by atoms with Crippen molar-refractivity contribution in [2.24, 2.45) is 5.73 Å². The standard InChI is InChI=1S/C14H17N3O/c15-13(8-11-4-2-1-3-5-11)14(18)17-10-12-6-7-16-9-12/h1-7,9,13,16H,8,10,15H2,(H,17,18)/t13-/m1/s1. The van der Waals surface area contributed by atoms with E-state index in [0.29, 0.717) is 13.0 Å². The first-order valence-electron chi connectivity index (χ1n) is 5.94. The van der Waals surface area contributed by atoms with E-state index in [1.807, 2.05) is 48.8 Å². The summed E-state index contributed by atoms with van der Waals surface area (Å²) in [6.45, 7) is 0.505. The quantitative estimate of drug-likeness (QED) is 0.738. The first-order valence-corrected chi connectivity index (χ1v) is 5.94. The number of benzene rings is 1. The molecule has 0 saturated carbocycles. The molecule has 0 spiro atoms. The number of aromatic amines is 1. The second-order valence-electron chi connectivity index (χ2n) is 4.23. The van der Waals surface area contributed by atoms with E-state index in [-0.39, 0.29) is 5.91 Å². The number of hydrogen-bond donors (Lipinski definition) is 3. The predicted molar refractivity (Wildman–Crippen MR) is 70.8 cm³/mol. The minimum Gasteiger partial charge on any atom is -0.367 e. The van der Waals surface area contributed by atoms with Crippen LogP contribution in [0.4, 0.5) is 0 Å². The molecule has 18 heavy (non-hydrogen) atoms. The van der Waals surface area contributed by atoms with Crippen LogP contribution in [0.3, 0.4) is 0 Å². The molecule has 0 aliphatic carbocycles. The lowest BCUT2D eigenvalue weighted by atomic mass is 10.1. The van der Waals surface area contributed by atoms with Gasteiger partial charge in [-0.05, 0) is 23.6 Å². The number of nitrogens with two attached hydrogens (primary N) is 1. The summed E-state index contributed by atoms with van der Waals surface area (Å²) in [5.74, 6) is -0.125. The van der Waals surface area contributed by atoms with Gasteiger partial charge in [0.2, 0.25) is 5.91 Å². The summed E-state index contributed by atoms with van der Waals surface area (Å²) in [5.41, 5.74) is 7.98. The largest absolute Gasteiger partial charge is 0.367 e. The first kappa shape index (κ1) is 12.4. The minimum atomic E-state index is -0.508. The number of nitrogens with one attached hydrogen (secondary N) is 2. The molecule has 4 N–H and O–H groups in total. The Morgan fingerprint density at radius 2 is 2.00 bits per heavy atom. The Bertz CT molecular complexity index is 479. The molecule has 0 saturated heterocycles. The molecule has 2 aromatic rings. The highest BCUT2D eigenvalue weighted by atomic mass is 16.2. The molecule has 1 aromatic heterocycles. The topological polar surface area (TPSA) is 70.9 Å². The molecule has 0 aliphatic rings. The van der Waals surface area contributed by atoms with Gasteiger partial charge in [0.1, 0.15) is 0 Å². The van der Waals surface area contributed by atoms with Gasteiger partial charge in [-0.1, -0.05) is 30.3 Å². The van der Waals surface area contributed by atoms with Crippen LogP contribution in [0.2, 0.25) is 0 Å². The van der Waals surface area contributed by atoms with Crippen LogP contribution in [0.1, 0.15) is 11.1 Å². The van der Waals surface area contributed by atoms with Crippen LogP contribution >= 0.6 is 0 Å². The van der Waals surface area contributed by atoms with E-state index < -0.39 is 6.04 Å². The Balaban J connectivity index is 1.82. The van der Waals surface area contributed by atoms with E-state index in [1.165, 1.54) is 0 Å². The van der Waals surface area contributed by atoms with E-state index in [4.69, 9.17) is 5.73 Å². The summed E-state index contributed by atoms with van der Waals surface area (Å²) >= 11 is 0. The lowest BCUT2D eigenvalue weighted by molar-refractivity contribution is -0.122. The zero-order valence-electron chi connectivity index (χ0n) is 10.1. The van der Waals surface area contributed by atoms with Crippen molar-refractivity contribution in [1.29, 1.82) is 0 Å². The maximum atomic E-state index is 11.8. The molecule has 0 fully saturated rings. The zero-order valence-corrected chi connectivity index (χ0v) is 10.1. The molecule has 4 nitrogen and oxygen atoms in total. The van der Waals surface area contributed by atoms with E-state index in [1.54, 1.807) is 0 Å². The number of H-pyrrole nitrogens is 1. The Morgan fingerprint density at radius 3 is 2.67 bits per heavy atom. The second-order valence-corrected chi connectivity index (χ2v) is 4.23. The highest BCUT2D eigenvalue weighted by Gasteiger charge is 2.13. The number of carbonyl (C=O) groups excluding carboxylic acids is 1. The lowest BCUT2D eigenvalue weighted by Crippen LogP contribution is -2.41. The number of aromatic nitrogens is 1. The summed E-state index contributed by atoms with van der Waals surface area (Å²) in [5, 5.41) is 2.82. The maximum Gasteiger partial charge on any atom is 0.237 e. The number of hydrogen-bond acceptors (Lipinski definition) is 2. The molecule has 0 radical (unpaired) electrons. The number of rotatable bonds is 5.